The lowest BCUT2D eigenvalue weighted by atomic mass is 9.77. The van der Waals surface area contributed by atoms with Crippen LogP contribution in [0.25, 0.3) is 0 Å². The lowest BCUT2D eigenvalue weighted by molar-refractivity contribution is -0.130. The van der Waals surface area contributed by atoms with E-state index in [9.17, 15) is 5.11 Å². The number of ether oxygens (including phenoxy) is 3. The second-order valence-electron chi connectivity index (χ2n) is 6.09. The Bertz CT molecular complexity index is 489. The van der Waals surface area contributed by atoms with Crippen LogP contribution in [0, 0.1) is 5.92 Å². The van der Waals surface area contributed by atoms with Gasteiger partial charge in [-0.15, -0.1) is 0 Å². The van der Waals surface area contributed by atoms with Gasteiger partial charge in [0.25, 0.3) is 0 Å². The Kier molecular flexibility index (Phi) is 4.98. The van der Waals surface area contributed by atoms with Crippen molar-refractivity contribution in [2.24, 2.45) is 5.92 Å². The van der Waals surface area contributed by atoms with Gasteiger partial charge in [-0.2, -0.15) is 0 Å². The summed E-state index contributed by atoms with van der Waals surface area (Å²) in [5.41, 5.74) is 0.0684. The zero-order valence-electron chi connectivity index (χ0n) is 13.2. The Morgan fingerprint density at radius 3 is 2.86 bits per heavy atom. The van der Waals surface area contributed by atoms with Gasteiger partial charge < -0.3 is 19.3 Å². The second kappa shape index (κ2) is 6.96. The third-order valence-electron chi connectivity index (χ3n) is 4.77. The molecule has 2 saturated heterocycles. The third-order valence-corrected chi connectivity index (χ3v) is 4.77. The minimum Gasteiger partial charge on any atom is -0.497 e. The van der Waals surface area contributed by atoms with Crippen LogP contribution in [-0.4, -0.2) is 63.2 Å². The van der Waals surface area contributed by atoms with E-state index in [4.69, 9.17) is 14.2 Å². The van der Waals surface area contributed by atoms with Crippen molar-refractivity contribution in [2.45, 2.75) is 12.0 Å². The van der Waals surface area contributed by atoms with E-state index in [0.29, 0.717) is 19.6 Å². The molecule has 5 nitrogen and oxygen atoms in total. The summed E-state index contributed by atoms with van der Waals surface area (Å²) in [5, 5.41) is 11.4. The van der Waals surface area contributed by atoms with E-state index in [1.165, 1.54) is 0 Å². The first kappa shape index (κ1) is 15.7. The highest BCUT2D eigenvalue weighted by molar-refractivity contribution is 5.33. The van der Waals surface area contributed by atoms with Crippen molar-refractivity contribution in [3.8, 4) is 5.75 Å². The van der Waals surface area contributed by atoms with Gasteiger partial charge in [-0.25, -0.2) is 0 Å². The first-order valence-electron chi connectivity index (χ1n) is 7.97. The zero-order chi connectivity index (χ0) is 15.4. The highest BCUT2D eigenvalue weighted by Crippen LogP contribution is 2.38. The van der Waals surface area contributed by atoms with Gasteiger partial charge in [-0.3, -0.25) is 4.90 Å². The average molecular weight is 307 g/mol. The Morgan fingerprint density at radius 1 is 1.27 bits per heavy atom. The molecule has 2 heterocycles. The number of aliphatic hydroxyl groups is 1. The molecule has 3 rings (SSSR count). The summed E-state index contributed by atoms with van der Waals surface area (Å²) in [4.78, 5) is 2.36. The van der Waals surface area contributed by atoms with Crippen LogP contribution in [0.4, 0.5) is 0 Å². The molecule has 0 saturated carbocycles. The van der Waals surface area contributed by atoms with Gasteiger partial charge in [0.15, 0.2) is 0 Å². The van der Waals surface area contributed by atoms with Crippen molar-refractivity contribution in [3.05, 3.63) is 29.8 Å². The van der Waals surface area contributed by atoms with Crippen LogP contribution in [-0.2, 0) is 15.1 Å². The molecule has 2 fully saturated rings. The molecule has 1 aromatic rings. The van der Waals surface area contributed by atoms with Crippen LogP contribution in [0.15, 0.2) is 24.3 Å². The van der Waals surface area contributed by atoms with E-state index < -0.39 is 5.60 Å². The van der Waals surface area contributed by atoms with Crippen molar-refractivity contribution in [1.29, 1.82) is 0 Å². The van der Waals surface area contributed by atoms with Crippen molar-refractivity contribution in [2.75, 3.05) is 53.2 Å². The molecule has 2 aliphatic rings. The number of morpholine rings is 1. The fourth-order valence-corrected chi connectivity index (χ4v) is 3.37. The van der Waals surface area contributed by atoms with Crippen molar-refractivity contribution in [1.82, 2.24) is 4.90 Å². The standard InChI is InChI=1S/C17H25NO4/c1-20-16-4-2-3-14(11-16)17(19)5-8-22-13-15(17)12-18-6-9-21-10-7-18/h2-4,11,15,19H,5-10,12-13H2,1H3. The number of benzene rings is 1. The van der Waals surface area contributed by atoms with Crippen LogP contribution in [0.3, 0.4) is 0 Å². The van der Waals surface area contributed by atoms with Gasteiger partial charge in [-0.05, 0) is 17.7 Å². The van der Waals surface area contributed by atoms with Crippen LogP contribution < -0.4 is 4.74 Å². The highest BCUT2D eigenvalue weighted by Gasteiger charge is 2.42. The molecule has 2 unspecified atom stereocenters. The fraction of sp³-hybridized carbons (Fsp3) is 0.647. The number of methoxy groups -OCH3 is 1. The molecular formula is C17H25NO4. The molecule has 122 valence electrons. The molecule has 0 bridgehead atoms. The van der Waals surface area contributed by atoms with E-state index in [1.54, 1.807) is 7.11 Å². The van der Waals surface area contributed by atoms with Crippen molar-refractivity contribution < 1.29 is 19.3 Å². The maximum absolute atomic E-state index is 11.4. The summed E-state index contributed by atoms with van der Waals surface area (Å²) in [7, 11) is 1.65. The highest BCUT2D eigenvalue weighted by atomic mass is 16.5. The Labute approximate surface area is 131 Å². The lowest BCUT2D eigenvalue weighted by Crippen LogP contribution is -2.50. The molecule has 0 spiro atoms. The zero-order valence-corrected chi connectivity index (χ0v) is 13.2. The number of nitrogens with zero attached hydrogens (tertiary/aromatic N) is 1. The number of hydrogen-bond acceptors (Lipinski definition) is 5. The maximum Gasteiger partial charge on any atom is 0.119 e. The first-order valence-corrected chi connectivity index (χ1v) is 7.97. The molecule has 5 heteroatoms. The summed E-state index contributed by atoms with van der Waals surface area (Å²) in [5.74, 6) is 0.842. The van der Waals surface area contributed by atoms with E-state index in [-0.39, 0.29) is 5.92 Å². The second-order valence-corrected chi connectivity index (χ2v) is 6.09. The predicted molar refractivity (Wildman–Crippen MR) is 83.1 cm³/mol. The van der Waals surface area contributed by atoms with Gasteiger partial charge in [-0.1, -0.05) is 12.1 Å². The summed E-state index contributed by atoms with van der Waals surface area (Å²) >= 11 is 0. The lowest BCUT2D eigenvalue weighted by Gasteiger charge is -2.43. The van der Waals surface area contributed by atoms with Crippen LogP contribution in [0.1, 0.15) is 12.0 Å². The Morgan fingerprint density at radius 2 is 2.09 bits per heavy atom. The molecule has 0 aliphatic carbocycles. The average Bonchev–Trinajstić information content (AvgIpc) is 2.58. The van der Waals surface area contributed by atoms with Crippen LogP contribution in [0.2, 0.25) is 0 Å². The van der Waals surface area contributed by atoms with Crippen LogP contribution >= 0.6 is 0 Å². The van der Waals surface area contributed by atoms with E-state index in [1.807, 2.05) is 24.3 Å². The van der Waals surface area contributed by atoms with Crippen LogP contribution in [0.5, 0.6) is 5.75 Å². The summed E-state index contributed by atoms with van der Waals surface area (Å²) in [6, 6.07) is 7.77. The van der Waals surface area contributed by atoms with E-state index >= 15 is 0 Å². The van der Waals surface area contributed by atoms with E-state index in [0.717, 1.165) is 44.2 Å². The maximum atomic E-state index is 11.4. The molecule has 0 aromatic heterocycles. The van der Waals surface area contributed by atoms with Crippen molar-refractivity contribution in [3.63, 3.8) is 0 Å². The largest absolute Gasteiger partial charge is 0.497 e. The SMILES string of the molecule is COc1cccc(C2(O)CCOCC2CN2CCOCC2)c1. The Balaban J connectivity index is 1.80. The summed E-state index contributed by atoms with van der Waals surface area (Å²) < 4.78 is 16.4. The number of rotatable bonds is 4. The monoisotopic (exact) mass is 307 g/mol. The Hall–Kier alpha value is -1.14. The molecule has 1 aromatic carbocycles. The first-order chi connectivity index (χ1) is 10.7. The number of hydrogen-bond donors (Lipinski definition) is 1. The molecule has 2 atom stereocenters. The third kappa shape index (κ3) is 3.27. The molecule has 22 heavy (non-hydrogen) atoms. The van der Waals surface area contributed by atoms with Gasteiger partial charge in [0, 0.05) is 38.6 Å². The van der Waals surface area contributed by atoms with Gasteiger partial charge >= 0.3 is 0 Å². The topological polar surface area (TPSA) is 51.2 Å². The molecule has 0 amide bonds. The van der Waals surface area contributed by atoms with Gasteiger partial charge in [0.05, 0.1) is 32.5 Å². The summed E-state index contributed by atoms with van der Waals surface area (Å²) in [6.07, 6.45) is 0.620. The van der Waals surface area contributed by atoms with Crippen molar-refractivity contribution >= 4 is 0 Å². The predicted octanol–water partition coefficient (Wildman–Crippen LogP) is 1.25. The smallest absolute Gasteiger partial charge is 0.119 e. The minimum absolute atomic E-state index is 0.0615. The molecule has 1 N–H and O–H groups in total. The van der Waals surface area contributed by atoms with Gasteiger partial charge in [0.2, 0.25) is 0 Å². The quantitative estimate of drug-likeness (QED) is 0.907. The van der Waals surface area contributed by atoms with E-state index in [2.05, 4.69) is 4.90 Å². The minimum atomic E-state index is -0.856. The summed E-state index contributed by atoms with van der Waals surface area (Å²) in [6.45, 7) is 5.39. The van der Waals surface area contributed by atoms with Gasteiger partial charge in [0.1, 0.15) is 5.75 Å². The molecular weight excluding hydrogens is 282 g/mol. The normalized spacial score (nSPS) is 30.2. The molecule has 2 aliphatic heterocycles. The fourth-order valence-electron chi connectivity index (χ4n) is 3.37. The molecule has 0 radical (unpaired) electrons.